The Morgan fingerprint density at radius 3 is 2.44 bits per heavy atom. The van der Waals surface area contributed by atoms with Crippen LogP contribution in [0.1, 0.15) is 27.2 Å². The van der Waals surface area contributed by atoms with Gasteiger partial charge < -0.3 is 5.73 Å². The highest BCUT2D eigenvalue weighted by Gasteiger charge is 2.33. The van der Waals surface area contributed by atoms with E-state index in [4.69, 9.17) is 5.73 Å². The van der Waals surface area contributed by atoms with Crippen LogP contribution < -0.4 is 5.73 Å². The maximum atomic E-state index is 12.5. The van der Waals surface area contributed by atoms with E-state index in [9.17, 15) is 8.42 Å². The van der Waals surface area contributed by atoms with Gasteiger partial charge >= 0.3 is 0 Å². The first-order chi connectivity index (χ1) is 8.13. The number of anilines is 1. The summed E-state index contributed by atoms with van der Waals surface area (Å²) in [7, 11) is -2.00. The second kappa shape index (κ2) is 5.19. The maximum Gasteiger partial charge on any atom is 0.245 e. The number of nitrogens with zero attached hydrogens (tertiary/aromatic N) is 1. The fraction of sp³-hybridized carbons (Fsp3) is 0.500. The van der Waals surface area contributed by atoms with Crippen LogP contribution in [0.15, 0.2) is 27.6 Å². The standard InChI is InChI=1S/C12H19BrN2O2S/c1-5-12(2,3)15(4)18(16,17)11-8-9(13)6-7-10(11)14/h6-8H,5,14H2,1-4H3. The molecule has 0 saturated heterocycles. The predicted molar refractivity (Wildman–Crippen MR) is 77.9 cm³/mol. The van der Waals surface area contributed by atoms with E-state index in [1.165, 1.54) is 10.4 Å². The Kier molecular flexibility index (Phi) is 4.46. The highest BCUT2D eigenvalue weighted by atomic mass is 79.9. The summed E-state index contributed by atoms with van der Waals surface area (Å²) in [6.45, 7) is 5.73. The molecule has 1 aromatic rings. The van der Waals surface area contributed by atoms with Gasteiger partial charge in [0.1, 0.15) is 4.90 Å². The Bertz CT molecular complexity index is 541. The molecule has 0 unspecified atom stereocenters. The number of rotatable bonds is 4. The quantitative estimate of drug-likeness (QED) is 0.861. The van der Waals surface area contributed by atoms with E-state index < -0.39 is 15.6 Å². The van der Waals surface area contributed by atoms with Crippen LogP contribution in [0, 0.1) is 0 Å². The van der Waals surface area contributed by atoms with Crippen LogP contribution in [0.5, 0.6) is 0 Å². The van der Waals surface area contributed by atoms with Crippen LogP contribution in [-0.4, -0.2) is 25.3 Å². The van der Waals surface area contributed by atoms with Crippen LogP contribution >= 0.6 is 15.9 Å². The van der Waals surface area contributed by atoms with Gasteiger partial charge in [-0.25, -0.2) is 8.42 Å². The summed E-state index contributed by atoms with van der Waals surface area (Å²) in [5, 5.41) is 0. The molecule has 0 aromatic heterocycles. The van der Waals surface area contributed by atoms with Crippen molar-refractivity contribution >= 4 is 31.6 Å². The van der Waals surface area contributed by atoms with Gasteiger partial charge in [-0.05, 0) is 38.5 Å². The van der Waals surface area contributed by atoms with Gasteiger partial charge in [0.15, 0.2) is 0 Å². The summed E-state index contributed by atoms with van der Waals surface area (Å²) < 4.78 is 27.1. The third-order valence-electron chi connectivity index (χ3n) is 3.33. The van der Waals surface area contributed by atoms with Crippen LogP contribution in [0.3, 0.4) is 0 Å². The molecule has 1 rings (SSSR count). The van der Waals surface area contributed by atoms with Gasteiger partial charge in [0.05, 0.1) is 5.69 Å². The van der Waals surface area contributed by atoms with Crippen LogP contribution in [0.4, 0.5) is 5.69 Å². The lowest BCUT2D eigenvalue weighted by Gasteiger charge is -2.34. The van der Waals surface area contributed by atoms with Crippen molar-refractivity contribution in [1.29, 1.82) is 0 Å². The summed E-state index contributed by atoms with van der Waals surface area (Å²) >= 11 is 3.27. The summed E-state index contributed by atoms with van der Waals surface area (Å²) in [4.78, 5) is 0.140. The molecule has 0 saturated carbocycles. The molecule has 18 heavy (non-hydrogen) atoms. The second-order valence-corrected chi connectivity index (χ2v) is 7.67. The SMILES string of the molecule is CCC(C)(C)N(C)S(=O)(=O)c1cc(Br)ccc1N. The first kappa shape index (κ1) is 15.5. The third kappa shape index (κ3) is 2.87. The first-order valence-electron chi connectivity index (χ1n) is 5.67. The number of sulfonamides is 1. The number of benzene rings is 1. The zero-order chi connectivity index (χ0) is 14.1. The van der Waals surface area contributed by atoms with Crippen molar-refractivity contribution in [1.82, 2.24) is 4.31 Å². The van der Waals surface area contributed by atoms with Crippen LogP contribution in [0.2, 0.25) is 0 Å². The molecule has 4 nitrogen and oxygen atoms in total. The maximum absolute atomic E-state index is 12.5. The number of nitrogens with two attached hydrogens (primary N) is 1. The molecule has 0 fully saturated rings. The lowest BCUT2D eigenvalue weighted by Crippen LogP contribution is -2.44. The number of halogens is 1. The topological polar surface area (TPSA) is 63.4 Å². The average molecular weight is 335 g/mol. The summed E-state index contributed by atoms with van der Waals surface area (Å²) in [5.74, 6) is 0. The van der Waals surface area contributed by atoms with E-state index in [2.05, 4.69) is 15.9 Å². The Balaban J connectivity index is 3.34. The van der Waals surface area contributed by atoms with Crippen molar-refractivity contribution in [3.8, 4) is 0 Å². The minimum Gasteiger partial charge on any atom is -0.398 e. The highest BCUT2D eigenvalue weighted by Crippen LogP contribution is 2.30. The molecule has 1 aromatic carbocycles. The summed E-state index contributed by atoms with van der Waals surface area (Å²) in [5.41, 5.74) is 5.58. The monoisotopic (exact) mass is 334 g/mol. The summed E-state index contributed by atoms with van der Waals surface area (Å²) in [6.07, 6.45) is 0.719. The molecule has 2 N–H and O–H groups in total. The molecule has 0 spiro atoms. The molecule has 0 radical (unpaired) electrons. The number of hydrogen-bond acceptors (Lipinski definition) is 3. The smallest absolute Gasteiger partial charge is 0.245 e. The molecule has 0 aliphatic carbocycles. The van der Waals surface area contributed by atoms with Gasteiger partial charge in [-0.3, -0.25) is 0 Å². The molecule has 0 aliphatic rings. The minimum atomic E-state index is -3.58. The Hall–Kier alpha value is -0.590. The van der Waals surface area contributed by atoms with Crippen LogP contribution in [-0.2, 0) is 10.0 Å². The van der Waals surface area contributed by atoms with Gasteiger partial charge in [0, 0.05) is 17.1 Å². The molecule has 0 atom stereocenters. The molecule has 0 heterocycles. The van der Waals surface area contributed by atoms with E-state index in [-0.39, 0.29) is 10.6 Å². The Morgan fingerprint density at radius 2 is 1.94 bits per heavy atom. The van der Waals surface area contributed by atoms with Crippen LogP contribution in [0.25, 0.3) is 0 Å². The average Bonchev–Trinajstić information content (AvgIpc) is 2.31. The molecule has 0 amide bonds. The molecule has 0 aliphatic heterocycles. The van der Waals surface area contributed by atoms with E-state index >= 15 is 0 Å². The second-order valence-electron chi connectivity index (χ2n) is 4.82. The van der Waals surface area contributed by atoms with Gasteiger partial charge in [-0.1, -0.05) is 22.9 Å². The number of hydrogen-bond donors (Lipinski definition) is 1. The zero-order valence-corrected chi connectivity index (χ0v) is 13.5. The lowest BCUT2D eigenvalue weighted by molar-refractivity contribution is 0.257. The van der Waals surface area contributed by atoms with E-state index in [1.54, 1.807) is 19.2 Å². The lowest BCUT2D eigenvalue weighted by atomic mass is 10.0. The molecular weight excluding hydrogens is 316 g/mol. The van der Waals surface area contributed by atoms with Crippen molar-refractivity contribution in [3.63, 3.8) is 0 Å². The first-order valence-corrected chi connectivity index (χ1v) is 7.90. The molecule has 102 valence electrons. The minimum absolute atomic E-state index is 0.140. The fourth-order valence-corrected chi connectivity index (χ4v) is 3.66. The van der Waals surface area contributed by atoms with Crippen molar-refractivity contribution in [2.24, 2.45) is 0 Å². The fourth-order valence-electron chi connectivity index (χ4n) is 1.43. The van der Waals surface area contributed by atoms with E-state index in [1.807, 2.05) is 20.8 Å². The normalized spacial score (nSPS) is 13.0. The largest absolute Gasteiger partial charge is 0.398 e. The van der Waals surface area contributed by atoms with Crippen molar-refractivity contribution in [3.05, 3.63) is 22.7 Å². The Morgan fingerprint density at radius 1 is 1.39 bits per heavy atom. The molecular formula is C12H19BrN2O2S. The zero-order valence-electron chi connectivity index (χ0n) is 11.1. The summed E-state index contributed by atoms with van der Waals surface area (Å²) in [6, 6.07) is 4.84. The highest BCUT2D eigenvalue weighted by molar-refractivity contribution is 9.10. The molecule has 0 bridgehead atoms. The van der Waals surface area contributed by atoms with Crippen molar-refractivity contribution < 1.29 is 8.42 Å². The van der Waals surface area contributed by atoms with Gasteiger partial charge in [0.25, 0.3) is 0 Å². The molecule has 6 heteroatoms. The van der Waals surface area contributed by atoms with Crippen molar-refractivity contribution in [2.45, 2.75) is 37.6 Å². The Labute approximate surface area is 117 Å². The van der Waals surface area contributed by atoms with Crippen molar-refractivity contribution in [2.75, 3.05) is 12.8 Å². The van der Waals surface area contributed by atoms with Gasteiger partial charge in [-0.15, -0.1) is 0 Å². The van der Waals surface area contributed by atoms with Gasteiger partial charge in [-0.2, -0.15) is 4.31 Å². The number of nitrogen functional groups attached to an aromatic ring is 1. The van der Waals surface area contributed by atoms with E-state index in [0.717, 1.165) is 6.42 Å². The third-order valence-corrected chi connectivity index (χ3v) is 5.95. The predicted octanol–water partition coefficient (Wildman–Crippen LogP) is 2.84. The van der Waals surface area contributed by atoms with Gasteiger partial charge in [0.2, 0.25) is 10.0 Å². The van der Waals surface area contributed by atoms with E-state index in [0.29, 0.717) is 4.47 Å².